The van der Waals surface area contributed by atoms with E-state index in [1.54, 1.807) is 0 Å². The number of carbonyl (C=O) groups is 1. The number of esters is 1. The third-order valence-corrected chi connectivity index (χ3v) is 4.57. The summed E-state index contributed by atoms with van der Waals surface area (Å²) < 4.78 is 29.5. The minimum absolute atomic E-state index is 0.0312. The standard InChI is InChI=1S/C18H18ClFO2.C3H7NO2/c1-3-12-9-13(20)10-15(19)16(12)14-6-5-11(2)17-18(14)22-8-4-7-21-17;1-6-3(5)2-4/h5-6,9-10H,3-4,7-8H2,1-2H3;2,4H2,1H3. The quantitative estimate of drug-likeness (QED) is 0.765. The molecule has 0 unspecified atom stereocenters. The molecule has 0 atom stereocenters. The van der Waals surface area contributed by atoms with Crippen LogP contribution in [0.3, 0.4) is 0 Å². The number of benzene rings is 2. The second-order valence-electron chi connectivity index (χ2n) is 6.19. The molecular weight excluding hydrogens is 385 g/mol. The van der Waals surface area contributed by atoms with E-state index in [2.05, 4.69) is 4.74 Å². The number of methoxy groups -OCH3 is 1. The number of halogens is 2. The third kappa shape index (κ3) is 5.14. The van der Waals surface area contributed by atoms with E-state index < -0.39 is 0 Å². The van der Waals surface area contributed by atoms with Crippen LogP contribution in [0.1, 0.15) is 24.5 Å². The first kappa shape index (κ1) is 22.0. The molecule has 1 aliphatic heterocycles. The summed E-state index contributed by atoms with van der Waals surface area (Å²) in [5.74, 6) is 0.772. The molecular formula is C21H25ClFNO4. The average molecular weight is 410 g/mol. The van der Waals surface area contributed by atoms with Gasteiger partial charge in [-0.05, 0) is 36.6 Å². The minimum Gasteiger partial charge on any atom is -0.489 e. The molecule has 7 heteroatoms. The summed E-state index contributed by atoms with van der Waals surface area (Å²) in [5.41, 5.74) is 8.39. The summed E-state index contributed by atoms with van der Waals surface area (Å²) in [6.45, 7) is 5.18. The Bertz CT molecular complexity index is 836. The number of nitrogens with two attached hydrogens (primary N) is 1. The van der Waals surface area contributed by atoms with E-state index in [1.165, 1.54) is 19.2 Å². The maximum absolute atomic E-state index is 13.6. The van der Waals surface area contributed by atoms with Crippen LogP contribution in [0.15, 0.2) is 24.3 Å². The van der Waals surface area contributed by atoms with Crippen LogP contribution in [0.2, 0.25) is 5.02 Å². The van der Waals surface area contributed by atoms with Crippen molar-refractivity contribution in [1.82, 2.24) is 0 Å². The van der Waals surface area contributed by atoms with Crippen molar-refractivity contribution < 1.29 is 23.4 Å². The Hall–Kier alpha value is -2.31. The van der Waals surface area contributed by atoms with Crippen LogP contribution in [0.4, 0.5) is 4.39 Å². The second kappa shape index (κ2) is 10.3. The van der Waals surface area contributed by atoms with Gasteiger partial charge in [0.05, 0.1) is 31.9 Å². The van der Waals surface area contributed by atoms with Gasteiger partial charge in [0, 0.05) is 17.5 Å². The fourth-order valence-electron chi connectivity index (χ4n) is 2.88. The van der Waals surface area contributed by atoms with Crippen LogP contribution < -0.4 is 15.2 Å². The van der Waals surface area contributed by atoms with Crippen LogP contribution in [-0.4, -0.2) is 32.8 Å². The van der Waals surface area contributed by atoms with Crippen molar-refractivity contribution in [3.05, 3.63) is 46.2 Å². The fourth-order valence-corrected chi connectivity index (χ4v) is 3.21. The molecule has 0 bridgehead atoms. The lowest BCUT2D eigenvalue weighted by Gasteiger charge is -2.18. The zero-order chi connectivity index (χ0) is 20.7. The molecule has 152 valence electrons. The molecule has 2 aromatic rings. The summed E-state index contributed by atoms with van der Waals surface area (Å²) >= 11 is 6.33. The topological polar surface area (TPSA) is 70.8 Å². The summed E-state index contributed by atoms with van der Waals surface area (Å²) in [6.07, 6.45) is 1.53. The SMILES string of the molecule is CCc1cc(F)cc(Cl)c1-c1ccc(C)c2c1OCCCO2.COC(=O)CN. The highest BCUT2D eigenvalue weighted by molar-refractivity contribution is 6.33. The lowest BCUT2D eigenvalue weighted by molar-refractivity contribution is -0.138. The number of hydrogen-bond acceptors (Lipinski definition) is 5. The fraction of sp³-hybridized carbons (Fsp3) is 0.381. The number of ether oxygens (including phenoxy) is 3. The Morgan fingerprint density at radius 3 is 2.50 bits per heavy atom. The van der Waals surface area contributed by atoms with Gasteiger partial charge in [-0.1, -0.05) is 30.7 Å². The molecule has 1 heterocycles. The first-order valence-corrected chi connectivity index (χ1v) is 9.45. The van der Waals surface area contributed by atoms with Crippen molar-refractivity contribution in [2.75, 3.05) is 26.9 Å². The minimum atomic E-state index is -0.380. The Morgan fingerprint density at radius 1 is 1.25 bits per heavy atom. The molecule has 3 rings (SSSR count). The smallest absolute Gasteiger partial charge is 0.319 e. The van der Waals surface area contributed by atoms with E-state index in [4.69, 9.17) is 26.8 Å². The largest absolute Gasteiger partial charge is 0.489 e. The van der Waals surface area contributed by atoms with Crippen molar-refractivity contribution in [1.29, 1.82) is 0 Å². The van der Waals surface area contributed by atoms with Crippen molar-refractivity contribution in [3.63, 3.8) is 0 Å². The molecule has 0 aromatic heterocycles. The van der Waals surface area contributed by atoms with Gasteiger partial charge in [-0.3, -0.25) is 4.79 Å². The van der Waals surface area contributed by atoms with E-state index in [0.717, 1.165) is 34.4 Å². The number of carbonyl (C=O) groups excluding carboxylic acids is 1. The lowest BCUT2D eigenvalue weighted by Crippen LogP contribution is -2.14. The molecule has 0 saturated carbocycles. The molecule has 0 aliphatic carbocycles. The zero-order valence-corrected chi connectivity index (χ0v) is 17.1. The van der Waals surface area contributed by atoms with Gasteiger partial charge in [0.2, 0.25) is 0 Å². The van der Waals surface area contributed by atoms with E-state index in [1.807, 2.05) is 26.0 Å². The summed E-state index contributed by atoms with van der Waals surface area (Å²) in [5, 5.41) is 0.399. The van der Waals surface area contributed by atoms with Crippen molar-refractivity contribution in [3.8, 4) is 22.6 Å². The molecule has 0 fully saturated rings. The lowest BCUT2D eigenvalue weighted by atomic mass is 9.95. The molecule has 5 nitrogen and oxygen atoms in total. The highest BCUT2D eigenvalue weighted by Gasteiger charge is 2.21. The Morgan fingerprint density at radius 2 is 1.93 bits per heavy atom. The number of aryl methyl sites for hydroxylation is 2. The summed E-state index contributed by atoms with van der Waals surface area (Å²) in [7, 11) is 1.30. The highest BCUT2D eigenvalue weighted by atomic mass is 35.5. The first-order valence-electron chi connectivity index (χ1n) is 9.07. The summed E-state index contributed by atoms with van der Waals surface area (Å²) in [6, 6.07) is 6.84. The summed E-state index contributed by atoms with van der Waals surface area (Å²) in [4.78, 5) is 9.83. The molecule has 0 saturated heterocycles. The predicted molar refractivity (Wildman–Crippen MR) is 108 cm³/mol. The number of fused-ring (bicyclic) bond motifs is 1. The van der Waals surface area contributed by atoms with Gasteiger partial charge in [-0.25, -0.2) is 4.39 Å². The van der Waals surface area contributed by atoms with Crippen LogP contribution in [0, 0.1) is 12.7 Å². The zero-order valence-electron chi connectivity index (χ0n) is 16.3. The van der Waals surface area contributed by atoms with Crippen molar-refractivity contribution in [2.24, 2.45) is 5.73 Å². The van der Waals surface area contributed by atoms with Crippen LogP contribution in [0.5, 0.6) is 11.5 Å². The molecule has 1 aliphatic rings. The monoisotopic (exact) mass is 409 g/mol. The van der Waals surface area contributed by atoms with Gasteiger partial charge in [-0.2, -0.15) is 0 Å². The van der Waals surface area contributed by atoms with Gasteiger partial charge in [0.1, 0.15) is 5.82 Å². The molecule has 0 radical (unpaired) electrons. The van der Waals surface area contributed by atoms with Crippen molar-refractivity contribution >= 4 is 17.6 Å². The maximum Gasteiger partial charge on any atom is 0.319 e. The van der Waals surface area contributed by atoms with Gasteiger partial charge >= 0.3 is 5.97 Å². The van der Waals surface area contributed by atoms with Gasteiger partial charge in [0.25, 0.3) is 0 Å². The first-order chi connectivity index (χ1) is 13.4. The molecule has 2 N–H and O–H groups in total. The molecule has 2 aromatic carbocycles. The Balaban J connectivity index is 0.000000409. The van der Waals surface area contributed by atoms with Crippen LogP contribution in [-0.2, 0) is 16.0 Å². The highest BCUT2D eigenvalue weighted by Crippen LogP contribution is 2.45. The average Bonchev–Trinajstić information content (AvgIpc) is 2.95. The second-order valence-corrected chi connectivity index (χ2v) is 6.60. The van der Waals surface area contributed by atoms with Crippen LogP contribution in [0.25, 0.3) is 11.1 Å². The molecule has 0 amide bonds. The van der Waals surface area contributed by atoms with Crippen molar-refractivity contribution in [2.45, 2.75) is 26.7 Å². The predicted octanol–water partition coefficient (Wildman–Crippen LogP) is 4.30. The Labute approximate surface area is 169 Å². The van der Waals surface area contributed by atoms with Gasteiger partial charge < -0.3 is 19.9 Å². The maximum atomic E-state index is 13.6. The van der Waals surface area contributed by atoms with E-state index in [9.17, 15) is 9.18 Å². The van der Waals surface area contributed by atoms with E-state index in [0.29, 0.717) is 30.4 Å². The molecule has 0 spiro atoms. The Kier molecular flexibility index (Phi) is 8.08. The number of hydrogen-bond donors (Lipinski definition) is 1. The normalized spacial score (nSPS) is 12.5. The third-order valence-electron chi connectivity index (χ3n) is 4.27. The van der Waals surface area contributed by atoms with E-state index >= 15 is 0 Å². The van der Waals surface area contributed by atoms with Crippen LogP contribution >= 0.6 is 11.6 Å². The van der Waals surface area contributed by atoms with Gasteiger partial charge in [-0.15, -0.1) is 0 Å². The van der Waals surface area contributed by atoms with Gasteiger partial charge in [0.15, 0.2) is 11.5 Å². The van der Waals surface area contributed by atoms with E-state index in [-0.39, 0.29) is 18.3 Å². The number of rotatable bonds is 3. The molecule has 28 heavy (non-hydrogen) atoms.